The van der Waals surface area contributed by atoms with Crippen molar-refractivity contribution in [2.45, 2.75) is 26.2 Å². The molecule has 0 aromatic rings. The van der Waals surface area contributed by atoms with Crippen molar-refractivity contribution in [3.63, 3.8) is 0 Å². The Morgan fingerprint density at radius 3 is 2.20 bits per heavy atom. The number of likely N-dealkylation sites (tertiary alicyclic amines) is 2. The Morgan fingerprint density at radius 1 is 1.15 bits per heavy atom. The van der Waals surface area contributed by atoms with Gasteiger partial charge in [0.1, 0.15) is 0 Å². The van der Waals surface area contributed by atoms with Crippen LogP contribution in [0.25, 0.3) is 0 Å². The van der Waals surface area contributed by atoms with Gasteiger partial charge >= 0.3 is 12.0 Å². The summed E-state index contributed by atoms with van der Waals surface area (Å²) in [5, 5.41) is 8.94. The second kappa shape index (κ2) is 5.30. The van der Waals surface area contributed by atoms with Gasteiger partial charge in [-0.1, -0.05) is 0 Å². The number of nitrogens with zero attached hydrogens (tertiary/aromatic N) is 2. The van der Waals surface area contributed by atoms with Crippen LogP contribution >= 0.6 is 0 Å². The summed E-state index contributed by atoms with van der Waals surface area (Å²) in [5.41, 5.74) is 4.72. The molecule has 0 aliphatic carbocycles. The van der Waals surface area contributed by atoms with E-state index in [-0.39, 0.29) is 17.9 Å². The Hall–Kier alpha value is -1.79. The second-order valence-corrected chi connectivity index (χ2v) is 5.98. The standard InChI is InChI=1S/C13H21N3O4/c1-13(11(14)19)4-7-16(8-13)12(20)15-5-2-9(3-6-15)10(17)18/h9H,2-8H2,1H3,(H2,14,19)(H,17,18). The molecule has 112 valence electrons. The number of primary amides is 1. The Morgan fingerprint density at radius 2 is 1.75 bits per heavy atom. The van der Waals surface area contributed by atoms with E-state index in [4.69, 9.17) is 10.8 Å². The Kier molecular flexibility index (Phi) is 3.87. The lowest BCUT2D eigenvalue weighted by Gasteiger charge is -2.33. The fraction of sp³-hybridized carbons (Fsp3) is 0.769. The van der Waals surface area contributed by atoms with Crippen LogP contribution in [0.5, 0.6) is 0 Å². The van der Waals surface area contributed by atoms with E-state index < -0.39 is 11.4 Å². The zero-order chi connectivity index (χ0) is 14.9. The third kappa shape index (κ3) is 2.71. The van der Waals surface area contributed by atoms with Gasteiger partial charge in [-0.25, -0.2) is 4.79 Å². The SMILES string of the molecule is CC1(C(N)=O)CCN(C(=O)N2CCC(C(=O)O)CC2)C1. The number of amides is 3. The summed E-state index contributed by atoms with van der Waals surface area (Å²) in [7, 11) is 0. The van der Waals surface area contributed by atoms with Gasteiger partial charge in [-0.3, -0.25) is 9.59 Å². The topological polar surface area (TPSA) is 104 Å². The van der Waals surface area contributed by atoms with Crippen molar-refractivity contribution in [2.75, 3.05) is 26.2 Å². The van der Waals surface area contributed by atoms with Crippen molar-refractivity contribution < 1.29 is 19.5 Å². The largest absolute Gasteiger partial charge is 0.481 e. The molecular weight excluding hydrogens is 262 g/mol. The summed E-state index contributed by atoms with van der Waals surface area (Å²) < 4.78 is 0. The number of hydrogen-bond donors (Lipinski definition) is 2. The maximum atomic E-state index is 12.3. The average molecular weight is 283 g/mol. The van der Waals surface area contributed by atoms with Gasteiger partial charge in [-0.05, 0) is 26.2 Å². The first-order valence-corrected chi connectivity index (χ1v) is 6.90. The molecule has 1 unspecified atom stereocenters. The summed E-state index contributed by atoms with van der Waals surface area (Å²) >= 11 is 0. The number of aliphatic carboxylic acids is 1. The van der Waals surface area contributed by atoms with Crippen molar-refractivity contribution in [3.05, 3.63) is 0 Å². The molecule has 0 radical (unpaired) electrons. The van der Waals surface area contributed by atoms with Gasteiger partial charge in [0.2, 0.25) is 5.91 Å². The van der Waals surface area contributed by atoms with Gasteiger partial charge in [0.15, 0.2) is 0 Å². The molecule has 0 aromatic carbocycles. The highest BCUT2D eigenvalue weighted by Gasteiger charge is 2.42. The zero-order valence-electron chi connectivity index (χ0n) is 11.7. The fourth-order valence-corrected chi connectivity index (χ4v) is 2.84. The van der Waals surface area contributed by atoms with Crippen molar-refractivity contribution >= 4 is 17.9 Å². The Balaban J connectivity index is 1.91. The first-order chi connectivity index (χ1) is 9.33. The first kappa shape index (κ1) is 14.6. The predicted octanol–water partition coefficient (Wildman–Crippen LogP) is 0.100. The van der Waals surface area contributed by atoms with E-state index in [1.165, 1.54) is 0 Å². The number of carboxylic acid groups (broad SMARTS) is 1. The molecule has 3 N–H and O–H groups in total. The van der Waals surface area contributed by atoms with E-state index in [2.05, 4.69) is 0 Å². The monoisotopic (exact) mass is 283 g/mol. The fourth-order valence-electron chi connectivity index (χ4n) is 2.84. The van der Waals surface area contributed by atoms with E-state index in [0.717, 1.165) is 0 Å². The van der Waals surface area contributed by atoms with Crippen molar-refractivity contribution in [1.82, 2.24) is 9.80 Å². The van der Waals surface area contributed by atoms with Crippen LogP contribution in [0.15, 0.2) is 0 Å². The molecule has 2 aliphatic rings. The third-order valence-electron chi connectivity index (χ3n) is 4.45. The van der Waals surface area contributed by atoms with Crippen LogP contribution < -0.4 is 5.73 Å². The first-order valence-electron chi connectivity index (χ1n) is 6.90. The number of hydrogen-bond acceptors (Lipinski definition) is 3. The van der Waals surface area contributed by atoms with Crippen LogP contribution in [0.1, 0.15) is 26.2 Å². The van der Waals surface area contributed by atoms with Crippen molar-refractivity contribution in [2.24, 2.45) is 17.1 Å². The summed E-state index contributed by atoms with van der Waals surface area (Å²) in [6.45, 7) is 3.57. The molecule has 7 nitrogen and oxygen atoms in total. The molecule has 20 heavy (non-hydrogen) atoms. The minimum atomic E-state index is -0.792. The molecular formula is C13H21N3O4. The lowest BCUT2D eigenvalue weighted by molar-refractivity contribution is -0.143. The molecule has 0 saturated carbocycles. The van der Waals surface area contributed by atoms with Crippen LogP contribution in [0.3, 0.4) is 0 Å². The molecule has 0 bridgehead atoms. The van der Waals surface area contributed by atoms with Crippen LogP contribution in [0, 0.1) is 11.3 Å². The van der Waals surface area contributed by atoms with Gasteiger partial charge in [0.05, 0.1) is 11.3 Å². The van der Waals surface area contributed by atoms with Crippen LogP contribution in [-0.2, 0) is 9.59 Å². The highest BCUT2D eigenvalue weighted by Crippen LogP contribution is 2.30. The quantitative estimate of drug-likeness (QED) is 0.750. The van der Waals surface area contributed by atoms with Crippen LogP contribution in [-0.4, -0.2) is 59.0 Å². The zero-order valence-corrected chi connectivity index (χ0v) is 11.7. The second-order valence-electron chi connectivity index (χ2n) is 5.98. The van der Waals surface area contributed by atoms with E-state index in [1.807, 2.05) is 0 Å². The van der Waals surface area contributed by atoms with Crippen molar-refractivity contribution in [3.8, 4) is 0 Å². The number of rotatable bonds is 2. The maximum absolute atomic E-state index is 12.3. The Labute approximate surface area is 117 Å². The number of carbonyl (C=O) groups excluding carboxylic acids is 2. The van der Waals surface area contributed by atoms with E-state index in [0.29, 0.717) is 45.4 Å². The predicted molar refractivity (Wildman–Crippen MR) is 70.8 cm³/mol. The summed E-state index contributed by atoms with van der Waals surface area (Å²) in [4.78, 5) is 37.9. The molecule has 1 atom stereocenters. The number of piperidine rings is 1. The van der Waals surface area contributed by atoms with Gasteiger partial charge in [0.25, 0.3) is 0 Å². The molecule has 2 aliphatic heterocycles. The number of nitrogens with two attached hydrogens (primary N) is 1. The minimum Gasteiger partial charge on any atom is -0.481 e. The van der Waals surface area contributed by atoms with Crippen LogP contribution in [0.4, 0.5) is 4.79 Å². The smallest absolute Gasteiger partial charge is 0.320 e. The van der Waals surface area contributed by atoms with Gasteiger partial charge in [0, 0.05) is 26.2 Å². The van der Waals surface area contributed by atoms with Crippen molar-refractivity contribution in [1.29, 1.82) is 0 Å². The maximum Gasteiger partial charge on any atom is 0.320 e. The molecule has 2 saturated heterocycles. The van der Waals surface area contributed by atoms with E-state index >= 15 is 0 Å². The highest BCUT2D eigenvalue weighted by atomic mass is 16.4. The molecule has 7 heteroatoms. The number of carbonyl (C=O) groups is 3. The normalized spacial score (nSPS) is 27.6. The molecule has 2 rings (SSSR count). The average Bonchev–Trinajstić information content (AvgIpc) is 2.82. The third-order valence-corrected chi connectivity index (χ3v) is 4.45. The molecule has 3 amide bonds. The minimum absolute atomic E-state index is 0.112. The molecule has 0 aromatic heterocycles. The summed E-state index contributed by atoms with van der Waals surface area (Å²) in [5.74, 6) is -1.52. The molecule has 2 fully saturated rings. The van der Waals surface area contributed by atoms with E-state index in [1.54, 1.807) is 16.7 Å². The number of urea groups is 1. The lowest BCUT2D eigenvalue weighted by Crippen LogP contribution is -2.48. The number of carboxylic acids is 1. The van der Waals surface area contributed by atoms with E-state index in [9.17, 15) is 14.4 Å². The Bertz CT molecular complexity index is 431. The highest BCUT2D eigenvalue weighted by molar-refractivity contribution is 5.83. The molecule has 0 spiro atoms. The van der Waals surface area contributed by atoms with Crippen LogP contribution in [0.2, 0.25) is 0 Å². The van der Waals surface area contributed by atoms with Gasteiger partial charge < -0.3 is 20.6 Å². The molecule has 2 heterocycles. The lowest BCUT2D eigenvalue weighted by atomic mass is 9.89. The summed E-state index contributed by atoms with van der Waals surface area (Å²) in [6, 6.07) is -0.112. The summed E-state index contributed by atoms with van der Waals surface area (Å²) in [6.07, 6.45) is 1.56. The van der Waals surface area contributed by atoms with Gasteiger partial charge in [-0.15, -0.1) is 0 Å². The van der Waals surface area contributed by atoms with Gasteiger partial charge in [-0.2, -0.15) is 0 Å².